The third kappa shape index (κ3) is 5.13. The smallest absolute Gasteiger partial charge is 0.366 e. The van der Waals surface area contributed by atoms with Gasteiger partial charge in [0.25, 0.3) is 0 Å². The number of pyridine rings is 1. The maximum atomic E-state index is 13.2. The molecule has 4 aromatic rings. The summed E-state index contributed by atoms with van der Waals surface area (Å²) in [6.07, 6.45) is -4.60. The molecule has 2 N–H and O–H groups in total. The maximum Gasteiger partial charge on any atom is 0.416 e. The summed E-state index contributed by atoms with van der Waals surface area (Å²) in [5, 5.41) is 1.39. The molecule has 0 radical (unpaired) electrons. The molecular weight excluding hydrogens is 474 g/mol. The van der Waals surface area contributed by atoms with Crippen LogP contribution < -0.4 is 5.73 Å². The van der Waals surface area contributed by atoms with Crippen LogP contribution in [0.1, 0.15) is 22.4 Å². The first-order chi connectivity index (χ1) is 16.4. The van der Waals surface area contributed by atoms with Crippen LogP contribution in [0.4, 0.5) is 26.3 Å². The fourth-order valence-corrected chi connectivity index (χ4v) is 3.44. The van der Waals surface area contributed by atoms with Crippen LogP contribution in [0.5, 0.6) is 0 Å². The highest BCUT2D eigenvalue weighted by atomic mass is 19.4. The molecule has 0 aliphatic heterocycles. The van der Waals surface area contributed by atoms with Crippen molar-refractivity contribution in [2.24, 2.45) is 5.73 Å². The summed E-state index contributed by atoms with van der Waals surface area (Å²) in [6, 6.07) is 9.47. The Hall–Kier alpha value is -4.28. The molecule has 2 heterocycles. The molecule has 0 aliphatic rings. The van der Waals surface area contributed by atoms with Crippen molar-refractivity contribution in [2.45, 2.75) is 12.4 Å². The lowest BCUT2D eigenvalue weighted by Gasteiger charge is -2.14. The maximum absolute atomic E-state index is 13.2. The van der Waals surface area contributed by atoms with E-state index in [-0.39, 0.29) is 17.3 Å². The molecule has 5 nitrogen and oxygen atoms in total. The highest BCUT2D eigenvalue weighted by molar-refractivity contribution is 6.26. The molecule has 0 aliphatic carbocycles. The number of carbonyl (C=O) groups is 1. The molecule has 0 spiro atoms. The molecule has 0 saturated heterocycles. The van der Waals surface area contributed by atoms with Crippen molar-refractivity contribution in [1.29, 1.82) is 0 Å². The number of halogens is 6. The fraction of sp³-hybridized carbons (Fsp3) is 0.0833. The van der Waals surface area contributed by atoms with E-state index >= 15 is 0 Å². The Morgan fingerprint density at radius 1 is 0.886 bits per heavy atom. The molecule has 0 saturated carbocycles. The number of nitrogens with two attached hydrogens (primary N) is 1. The number of primary amides is 1. The van der Waals surface area contributed by atoms with Gasteiger partial charge in [0.1, 0.15) is 0 Å². The number of nitrogens with zero attached hydrogens (tertiary/aromatic N) is 3. The number of benzene rings is 2. The van der Waals surface area contributed by atoms with Crippen LogP contribution in [0.25, 0.3) is 33.8 Å². The topological polar surface area (TPSA) is 81.8 Å². The summed E-state index contributed by atoms with van der Waals surface area (Å²) in [5.41, 5.74) is 2.51. The molecule has 0 fully saturated rings. The van der Waals surface area contributed by atoms with Gasteiger partial charge in [-0.1, -0.05) is 24.3 Å². The van der Waals surface area contributed by atoms with E-state index in [0.29, 0.717) is 23.1 Å². The Bertz CT molecular complexity index is 1420. The van der Waals surface area contributed by atoms with Gasteiger partial charge in [0.05, 0.1) is 22.4 Å². The summed E-state index contributed by atoms with van der Waals surface area (Å²) in [4.78, 5) is 24.2. The van der Waals surface area contributed by atoms with Crippen molar-refractivity contribution < 1.29 is 31.1 Å². The first kappa shape index (κ1) is 23.9. The molecule has 1 amide bonds. The standard InChI is InChI=1S/C24H14F6N4O/c25-23(26,27)15-7-14(8-16(9-15)24(28,29)30)22-33-6-5-17(34-22)10-19(21(31)35)20-12-32-11-13-3-1-2-4-18(13)20/h1-12H,(H2,31,35)/b19-10+. The number of fused-ring (bicyclic) bond motifs is 1. The van der Waals surface area contributed by atoms with Gasteiger partial charge in [-0.15, -0.1) is 0 Å². The first-order valence-electron chi connectivity index (χ1n) is 9.91. The van der Waals surface area contributed by atoms with E-state index in [2.05, 4.69) is 15.0 Å². The molecule has 11 heteroatoms. The molecule has 0 unspecified atom stereocenters. The van der Waals surface area contributed by atoms with Crippen LogP contribution in [-0.2, 0) is 17.1 Å². The lowest BCUT2D eigenvalue weighted by Crippen LogP contribution is -2.13. The number of rotatable bonds is 4. The van der Waals surface area contributed by atoms with E-state index in [9.17, 15) is 31.1 Å². The number of amides is 1. The van der Waals surface area contributed by atoms with Crippen LogP contribution in [0, 0.1) is 0 Å². The highest BCUT2D eigenvalue weighted by Crippen LogP contribution is 2.38. The van der Waals surface area contributed by atoms with Gasteiger partial charge in [-0.05, 0) is 35.7 Å². The van der Waals surface area contributed by atoms with E-state index in [0.717, 1.165) is 11.6 Å². The Kier molecular flexibility index (Phi) is 6.01. The Morgan fingerprint density at radius 3 is 2.17 bits per heavy atom. The second kappa shape index (κ2) is 8.82. The van der Waals surface area contributed by atoms with Gasteiger partial charge in [0, 0.05) is 35.1 Å². The number of carbonyl (C=O) groups excluding carboxylic acids is 1. The van der Waals surface area contributed by atoms with Crippen molar-refractivity contribution in [3.05, 3.63) is 89.5 Å². The van der Waals surface area contributed by atoms with Gasteiger partial charge >= 0.3 is 12.4 Å². The second-order valence-electron chi connectivity index (χ2n) is 7.43. The summed E-state index contributed by atoms with van der Waals surface area (Å²) in [6.45, 7) is 0. The summed E-state index contributed by atoms with van der Waals surface area (Å²) < 4.78 is 79.4. The van der Waals surface area contributed by atoms with Crippen LogP contribution >= 0.6 is 0 Å². The zero-order chi connectivity index (χ0) is 25.4. The van der Waals surface area contributed by atoms with Gasteiger partial charge < -0.3 is 5.73 Å². The normalized spacial score (nSPS) is 12.7. The second-order valence-corrected chi connectivity index (χ2v) is 7.43. The van der Waals surface area contributed by atoms with E-state index < -0.39 is 40.8 Å². The van der Waals surface area contributed by atoms with Gasteiger partial charge in [-0.3, -0.25) is 9.78 Å². The Balaban J connectivity index is 1.85. The first-order valence-corrected chi connectivity index (χ1v) is 9.91. The Morgan fingerprint density at radius 2 is 1.54 bits per heavy atom. The van der Waals surface area contributed by atoms with Crippen molar-refractivity contribution in [3.63, 3.8) is 0 Å². The number of hydrogen-bond acceptors (Lipinski definition) is 4. The summed E-state index contributed by atoms with van der Waals surface area (Å²) in [5.74, 6) is -1.23. The van der Waals surface area contributed by atoms with Crippen molar-refractivity contribution >= 4 is 28.3 Å². The van der Waals surface area contributed by atoms with Crippen molar-refractivity contribution in [3.8, 4) is 11.4 Å². The zero-order valence-corrected chi connectivity index (χ0v) is 17.5. The summed E-state index contributed by atoms with van der Waals surface area (Å²) >= 11 is 0. The minimum atomic E-state index is -5.02. The predicted molar refractivity (Wildman–Crippen MR) is 116 cm³/mol. The van der Waals surface area contributed by atoms with Crippen LogP contribution in [0.2, 0.25) is 0 Å². The monoisotopic (exact) mass is 488 g/mol. The minimum Gasteiger partial charge on any atom is -0.366 e. The lowest BCUT2D eigenvalue weighted by molar-refractivity contribution is -0.143. The molecule has 0 atom stereocenters. The van der Waals surface area contributed by atoms with Gasteiger partial charge in [0.15, 0.2) is 5.82 Å². The van der Waals surface area contributed by atoms with E-state index in [4.69, 9.17) is 5.73 Å². The average Bonchev–Trinajstić information content (AvgIpc) is 2.81. The summed E-state index contributed by atoms with van der Waals surface area (Å²) in [7, 11) is 0. The largest absolute Gasteiger partial charge is 0.416 e. The number of hydrogen-bond donors (Lipinski definition) is 1. The third-order valence-corrected chi connectivity index (χ3v) is 5.04. The fourth-order valence-electron chi connectivity index (χ4n) is 3.44. The van der Waals surface area contributed by atoms with Gasteiger partial charge in [-0.25, -0.2) is 9.97 Å². The zero-order valence-electron chi connectivity index (χ0n) is 17.5. The molecule has 4 rings (SSSR count). The highest BCUT2D eigenvalue weighted by Gasteiger charge is 2.37. The lowest BCUT2D eigenvalue weighted by atomic mass is 9.99. The van der Waals surface area contributed by atoms with Crippen LogP contribution in [0.15, 0.2) is 67.1 Å². The third-order valence-electron chi connectivity index (χ3n) is 5.04. The van der Waals surface area contributed by atoms with Crippen molar-refractivity contribution in [1.82, 2.24) is 15.0 Å². The SMILES string of the molecule is NC(=O)/C(=C/c1ccnc(-c2cc(C(F)(F)F)cc(C(F)(F)F)c2)n1)c1cncc2ccccc12. The van der Waals surface area contributed by atoms with E-state index in [1.54, 1.807) is 30.5 Å². The van der Waals surface area contributed by atoms with E-state index in [1.165, 1.54) is 18.3 Å². The average molecular weight is 488 g/mol. The predicted octanol–water partition coefficient (Wildman–Crippen LogP) is 5.76. The van der Waals surface area contributed by atoms with E-state index in [1.807, 2.05) is 0 Å². The van der Waals surface area contributed by atoms with Gasteiger partial charge in [-0.2, -0.15) is 26.3 Å². The van der Waals surface area contributed by atoms with Gasteiger partial charge in [0.2, 0.25) is 5.91 Å². The van der Waals surface area contributed by atoms with Crippen LogP contribution in [-0.4, -0.2) is 20.9 Å². The van der Waals surface area contributed by atoms with Crippen molar-refractivity contribution in [2.75, 3.05) is 0 Å². The van der Waals surface area contributed by atoms with Crippen LogP contribution in [0.3, 0.4) is 0 Å². The molecule has 2 aromatic heterocycles. The quantitative estimate of drug-likeness (QED) is 0.293. The number of alkyl halides is 6. The molecule has 2 aromatic carbocycles. The molecule has 178 valence electrons. The molecule has 0 bridgehead atoms. The minimum absolute atomic E-state index is 0.000951. The molecule has 35 heavy (non-hydrogen) atoms. The number of aromatic nitrogens is 3. The molecular formula is C24H14F6N4O. The Labute approximate surface area is 194 Å².